The molecule has 3 amide bonds. The molecule has 3 N–H and O–H groups in total. The van der Waals surface area contributed by atoms with E-state index < -0.39 is 11.8 Å². The monoisotopic (exact) mass is 476 g/mol. The number of methoxy groups -OCH3 is 1. The Labute approximate surface area is 203 Å². The van der Waals surface area contributed by atoms with Crippen molar-refractivity contribution in [1.82, 2.24) is 10.3 Å². The van der Waals surface area contributed by atoms with Gasteiger partial charge in [-0.25, -0.2) is 4.98 Å². The Bertz CT molecular complexity index is 1190. The highest BCUT2D eigenvalue weighted by molar-refractivity contribution is 6.43. The molecule has 1 heterocycles. The number of anilines is 2. The third-order valence-corrected chi connectivity index (χ3v) is 5.99. The number of nitrogens with zero attached hydrogens (tertiary/aromatic N) is 1. The van der Waals surface area contributed by atoms with Gasteiger partial charge in [-0.05, 0) is 48.6 Å². The van der Waals surface area contributed by atoms with Crippen LogP contribution in [0.25, 0.3) is 11.3 Å². The third kappa shape index (κ3) is 6.47. The van der Waals surface area contributed by atoms with E-state index in [1.165, 1.54) is 26.3 Å². The molecule has 35 heavy (non-hydrogen) atoms. The van der Waals surface area contributed by atoms with Gasteiger partial charge in [-0.2, -0.15) is 0 Å². The lowest BCUT2D eigenvalue weighted by molar-refractivity contribution is -0.132. The van der Waals surface area contributed by atoms with Crippen LogP contribution in [0.2, 0.25) is 0 Å². The summed E-state index contributed by atoms with van der Waals surface area (Å²) in [4.78, 5) is 41.0. The number of carbonyl (C=O) groups excluding carboxylic acids is 3. The van der Waals surface area contributed by atoms with Gasteiger partial charge < -0.3 is 25.1 Å². The first-order valence-corrected chi connectivity index (χ1v) is 11.6. The van der Waals surface area contributed by atoms with Crippen molar-refractivity contribution in [3.63, 3.8) is 0 Å². The summed E-state index contributed by atoms with van der Waals surface area (Å²) in [7, 11) is 1.50. The summed E-state index contributed by atoms with van der Waals surface area (Å²) in [6.07, 6.45) is 8.07. The molecular formula is C26H28N4O5. The molecule has 0 bridgehead atoms. The summed E-state index contributed by atoms with van der Waals surface area (Å²) in [5.41, 5.74) is 2.35. The predicted octanol–water partition coefficient (Wildman–Crippen LogP) is 4.12. The summed E-state index contributed by atoms with van der Waals surface area (Å²) in [5.74, 6) is -0.136. The minimum Gasteiger partial charge on any atom is -0.496 e. The number of hydrogen-bond donors (Lipinski definition) is 3. The van der Waals surface area contributed by atoms with Crippen molar-refractivity contribution in [2.75, 3.05) is 17.7 Å². The van der Waals surface area contributed by atoms with E-state index in [1.807, 2.05) is 6.07 Å². The molecule has 182 valence electrons. The van der Waals surface area contributed by atoms with E-state index in [4.69, 9.17) is 9.15 Å². The molecule has 0 spiro atoms. The van der Waals surface area contributed by atoms with Gasteiger partial charge in [0.1, 0.15) is 5.75 Å². The van der Waals surface area contributed by atoms with Gasteiger partial charge in [0.15, 0.2) is 12.2 Å². The Morgan fingerprint density at radius 2 is 1.77 bits per heavy atom. The van der Waals surface area contributed by atoms with Crippen LogP contribution in [0.15, 0.2) is 59.5 Å². The highest BCUT2D eigenvalue weighted by atomic mass is 16.5. The van der Waals surface area contributed by atoms with E-state index in [2.05, 4.69) is 20.9 Å². The molecular weight excluding hydrogens is 448 g/mol. The third-order valence-electron chi connectivity index (χ3n) is 5.99. The van der Waals surface area contributed by atoms with Gasteiger partial charge in [0.05, 0.1) is 18.9 Å². The zero-order chi connectivity index (χ0) is 24.6. The lowest BCUT2D eigenvalue weighted by Crippen LogP contribution is -2.29. The molecule has 0 atom stereocenters. The van der Waals surface area contributed by atoms with Crippen molar-refractivity contribution in [2.45, 2.75) is 38.6 Å². The Hall–Kier alpha value is -4.14. The molecule has 3 aromatic rings. The molecule has 9 nitrogen and oxygen atoms in total. The maximum Gasteiger partial charge on any atom is 0.314 e. The largest absolute Gasteiger partial charge is 0.496 e. The van der Waals surface area contributed by atoms with E-state index in [9.17, 15) is 14.4 Å². The quantitative estimate of drug-likeness (QED) is 0.420. The number of hydrogen-bond acceptors (Lipinski definition) is 6. The van der Waals surface area contributed by atoms with Crippen LogP contribution in [-0.2, 0) is 20.9 Å². The lowest BCUT2D eigenvalue weighted by Gasteiger charge is -2.12. The summed E-state index contributed by atoms with van der Waals surface area (Å²) >= 11 is 0. The van der Waals surface area contributed by atoms with Crippen LogP contribution in [0.1, 0.15) is 37.7 Å². The molecule has 1 aromatic heterocycles. The first kappa shape index (κ1) is 24.0. The van der Waals surface area contributed by atoms with E-state index in [0.717, 1.165) is 18.4 Å². The number of aromatic nitrogens is 1. The van der Waals surface area contributed by atoms with E-state index >= 15 is 0 Å². The first-order valence-electron chi connectivity index (χ1n) is 11.6. The maximum absolute atomic E-state index is 12.4. The summed E-state index contributed by atoms with van der Waals surface area (Å²) in [6, 6.07) is 12.0. The number of nitrogens with one attached hydrogen (secondary N) is 3. The van der Waals surface area contributed by atoms with Gasteiger partial charge in [0.25, 0.3) is 0 Å². The Balaban J connectivity index is 1.31. The van der Waals surface area contributed by atoms with Crippen molar-refractivity contribution in [3.05, 3.63) is 60.6 Å². The van der Waals surface area contributed by atoms with Crippen LogP contribution in [0.5, 0.6) is 5.75 Å². The van der Waals surface area contributed by atoms with Gasteiger partial charge in [-0.1, -0.05) is 25.0 Å². The highest BCUT2D eigenvalue weighted by Gasteiger charge is 2.19. The molecule has 4 rings (SSSR count). The minimum atomic E-state index is -0.824. The first-order chi connectivity index (χ1) is 17.0. The fourth-order valence-electron chi connectivity index (χ4n) is 4.21. The molecule has 1 aliphatic rings. The Morgan fingerprint density at radius 1 is 1.03 bits per heavy atom. The molecule has 0 radical (unpaired) electrons. The van der Waals surface area contributed by atoms with Crippen molar-refractivity contribution >= 4 is 29.1 Å². The molecule has 0 aliphatic heterocycles. The number of amides is 3. The predicted molar refractivity (Wildman–Crippen MR) is 131 cm³/mol. The van der Waals surface area contributed by atoms with Crippen molar-refractivity contribution in [2.24, 2.45) is 5.92 Å². The molecule has 9 heteroatoms. The fourth-order valence-corrected chi connectivity index (χ4v) is 4.21. The SMILES string of the molecule is COc1cc(NC(=O)C(=O)Nc2cccc(CNC(=O)CC3CCCC3)c2)ccc1-c1cnco1. The van der Waals surface area contributed by atoms with Crippen molar-refractivity contribution in [3.8, 4) is 17.1 Å². The van der Waals surface area contributed by atoms with Gasteiger partial charge in [-0.3, -0.25) is 14.4 Å². The molecule has 0 unspecified atom stereocenters. The van der Waals surface area contributed by atoms with E-state index in [0.29, 0.717) is 47.3 Å². The maximum atomic E-state index is 12.4. The van der Waals surface area contributed by atoms with Gasteiger partial charge in [0.2, 0.25) is 5.91 Å². The molecule has 1 saturated carbocycles. The average Bonchev–Trinajstić information content (AvgIpc) is 3.57. The number of carbonyl (C=O) groups is 3. The zero-order valence-corrected chi connectivity index (χ0v) is 19.5. The zero-order valence-electron chi connectivity index (χ0n) is 19.5. The van der Waals surface area contributed by atoms with Gasteiger partial charge in [-0.15, -0.1) is 0 Å². The summed E-state index contributed by atoms with van der Waals surface area (Å²) in [5, 5.41) is 8.09. The second-order valence-corrected chi connectivity index (χ2v) is 8.52. The van der Waals surface area contributed by atoms with Crippen LogP contribution in [0, 0.1) is 5.92 Å². The van der Waals surface area contributed by atoms with Crippen LogP contribution < -0.4 is 20.7 Å². The molecule has 1 aliphatic carbocycles. The number of benzene rings is 2. The number of rotatable bonds is 8. The second-order valence-electron chi connectivity index (χ2n) is 8.52. The van der Waals surface area contributed by atoms with Crippen molar-refractivity contribution < 1.29 is 23.5 Å². The lowest BCUT2D eigenvalue weighted by atomic mass is 10.0. The van der Waals surface area contributed by atoms with Crippen LogP contribution >= 0.6 is 0 Å². The van der Waals surface area contributed by atoms with Crippen LogP contribution in [0.3, 0.4) is 0 Å². The smallest absolute Gasteiger partial charge is 0.314 e. The van der Waals surface area contributed by atoms with Crippen molar-refractivity contribution in [1.29, 1.82) is 0 Å². The minimum absolute atomic E-state index is 0.0375. The topological polar surface area (TPSA) is 123 Å². The highest BCUT2D eigenvalue weighted by Crippen LogP contribution is 2.32. The summed E-state index contributed by atoms with van der Waals surface area (Å²) in [6.45, 7) is 0.360. The molecule has 0 saturated heterocycles. The standard InChI is InChI=1S/C26H28N4O5/c1-34-22-13-20(9-10-21(22)23-15-27-16-35-23)30-26(33)25(32)29-19-8-4-7-18(11-19)14-28-24(31)12-17-5-2-3-6-17/h4,7-11,13,15-17H,2-3,5-6,12,14H2,1H3,(H,28,31)(H,29,32)(H,30,33). The summed E-state index contributed by atoms with van der Waals surface area (Å²) < 4.78 is 10.7. The van der Waals surface area contributed by atoms with Crippen LogP contribution in [-0.4, -0.2) is 29.8 Å². The van der Waals surface area contributed by atoms with E-state index in [1.54, 1.807) is 42.6 Å². The Morgan fingerprint density at radius 3 is 2.46 bits per heavy atom. The normalized spacial score (nSPS) is 13.3. The molecule has 1 fully saturated rings. The number of ether oxygens (including phenoxy) is 1. The Kier molecular flexibility index (Phi) is 7.77. The van der Waals surface area contributed by atoms with E-state index in [-0.39, 0.29) is 5.91 Å². The molecule has 2 aromatic carbocycles. The average molecular weight is 477 g/mol. The van der Waals surface area contributed by atoms with Gasteiger partial charge in [0, 0.05) is 30.4 Å². The fraction of sp³-hybridized carbons (Fsp3) is 0.308. The second kappa shape index (κ2) is 11.3. The number of oxazole rings is 1. The van der Waals surface area contributed by atoms with Gasteiger partial charge >= 0.3 is 11.8 Å². The van der Waals surface area contributed by atoms with Crippen LogP contribution in [0.4, 0.5) is 11.4 Å².